The minimum absolute atomic E-state index is 0.143. The SMILES string of the molecule is CCc1cccc(NCC(C)C(N)=O)c1. The highest BCUT2D eigenvalue weighted by Crippen LogP contribution is 2.11. The summed E-state index contributed by atoms with van der Waals surface area (Å²) in [7, 11) is 0. The van der Waals surface area contributed by atoms with Gasteiger partial charge in [-0.05, 0) is 24.1 Å². The molecule has 1 amide bonds. The van der Waals surface area contributed by atoms with Crippen LogP contribution in [-0.2, 0) is 11.2 Å². The van der Waals surface area contributed by atoms with Crippen LogP contribution in [0.25, 0.3) is 0 Å². The van der Waals surface area contributed by atoms with Crippen LogP contribution in [0.3, 0.4) is 0 Å². The molecule has 1 rings (SSSR count). The second-order valence-corrected chi connectivity index (χ2v) is 3.74. The first-order chi connectivity index (χ1) is 7.13. The van der Waals surface area contributed by atoms with Gasteiger partial charge in [0, 0.05) is 12.2 Å². The Morgan fingerprint density at radius 1 is 1.53 bits per heavy atom. The fourth-order valence-electron chi connectivity index (χ4n) is 1.27. The largest absolute Gasteiger partial charge is 0.384 e. The first-order valence-electron chi connectivity index (χ1n) is 5.25. The molecule has 15 heavy (non-hydrogen) atoms. The van der Waals surface area contributed by atoms with Gasteiger partial charge in [-0.15, -0.1) is 0 Å². The third-order valence-corrected chi connectivity index (χ3v) is 2.43. The van der Waals surface area contributed by atoms with Crippen LogP contribution in [0.5, 0.6) is 0 Å². The van der Waals surface area contributed by atoms with Crippen LogP contribution >= 0.6 is 0 Å². The molecule has 0 heterocycles. The third-order valence-electron chi connectivity index (χ3n) is 2.43. The summed E-state index contributed by atoms with van der Waals surface area (Å²) in [5.74, 6) is -0.413. The van der Waals surface area contributed by atoms with Gasteiger partial charge < -0.3 is 11.1 Å². The fourth-order valence-corrected chi connectivity index (χ4v) is 1.27. The Labute approximate surface area is 90.7 Å². The molecule has 82 valence electrons. The molecule has 0 radical (unpaired) electrons. The number of amides is 1. The quantitative estimate of drug-likeness (QED) is 0.771. The summed E-state index contributed by atoms with van der Waals surface area (Å²) in [6.45, 7) is 4.52. The van der Waals surface area contributed by atoms with Crippen molar-refractivity contribution in [2.24, 2.45) is 11.7 Å². The minimum Gasteiger partial charge on any atom is -0.384 e. The Hall–Kier alpha value is -1.51. The molecule has 1 aromatic carbocycles. The summed E-state index contributed by atoms with van der Waals surface area (Å²) in [5.41, 5.74) is 7.51. The maximum atomic E-state index is 10.8. The highest BCUT2D eigenvalue weighted by atomic mass is 16.1. The Kier molecular flexibility index (Phi) is 4.16. The van der Waals surface area contributed by atoms with Gasteiger partial charge in [-0.3, -0.25) is 4.79 Å². The maximum Gasteiger partial charge on any atom is 0.222 e. The number of primary amides is 1. The van der Waals surface area contributed by atoms with Crippen molar-refractivity contribution in [1.29, 1.82) is 0 Å². The number of anilines is 1. The van der Waals surface area contributed by atoms with E-state index < -0.39 is 0 Å². The number of benzene rings is 1. The van der Waals surface area contributed by atoms with Gasteiger partial charge in [0.05, 0.1) is 5.92 Å². The molecule has 1 unspecified atom stereocenters. The highest BCUT2D eigenvalue weighted by Gasteiger charge is 2.07. The molecular weight excluding hydrogens is 188 g/mol. The Bertz CT molecular complexity index is 336. The first kappa shape index (κ1) is 11.6. The normalized spacial score (nSPS) is 12.1. The van der Waals surface area contributed by atoms with E-state index in [1.807, 2.05) is 19.1 Å². The number of hydrogen-bond donors (Lipinski definition) is 2. The van der Waals surface area contributed by atoms with Crippen molar-refractivity contribution in [1.82, 2.24) is 0 Å². The van der Waals surface area contributed by atoms with Gasteiger partial charge in [0.2, 0.25) is 5.91 Å². The summed E-state index contributed by atoms with van der Waals surface area (Å²) >= 11 is 0. The van der Waals surface area contributed by atoms with Crippen molar-refractivity contribution in [3.63, 3.8) is 0 Å². The maximum absolute atomic E-state index is 10.8. The van der Waals surface area contributed by atoms with Gasteiger partial charge in [0.25, 0.3) is 0 Å². The van der Waals surface area contributed by atoms with E-state index in [1.54, 1.807) is 0 Å². The molecule has 3 heteroatoms. The van der Waals surface area contributed by atoms with E-state index in [0.717, 1.165) is 12.1 Å². The molecule has 3 nitrogen and oxygen atoms in total. The van der Waals surface area contributed by atoms with Crippen LogP contribution in [0.1, 0.15) is 19.4 Å². The molecule has 3 N–H and O–H groups in total. The first-order valence-corrected chi connectivity index (χ1v) is 5.25. The van der Waals surface area contributed by atoms with Crippen molar-refractivity contribution in [3.8, 4) is 0 Å². The van der Waals surface area contributed by atoms with Gasteiger partial charge in [-0.1, -0.05) is 26.0 Å². The molecule has 0 fully saturated rings. The lowest BCUT2D eigenvalue weighted by Gasteiger charge is -2.10. The zero-order valence-corrected chi connectivity index (χ0v) is 9.29. The van der Waals surface area contributed by atoms with Crippen molar-refractivity contribution in [2.75, 3.05) is 11.9 Å². The molecule has 1 aromatic rings. The average molecular weight is 206 g/mol. The molecule has 0 aliphatic rings. The number of carbonyl (C=O) groups is 1. The summed E-state index contributed by atoms with van der Waals surface area (Å²) in [5, 5.41) is 3.20. The summed E-state index contributed by atoms with van der Waals surface area (Å²) < 4.78 is 0. The summed E-state index contributed by atoms with van der Waals surface area (Å²) in [6.07, 6.45) is 1.01. The van der Waals surface area contributed by atoms with Crippen LogP contribution in [0.4, 0.5) is 5.69 Å². The smallest absolute Gasteiger partial charge is 0.222 e. The second kappa shape index (κ2) is 5.39. The predicted octanol–water partition coefficient (Wildman–Crippen LogP) is 1.78. The van der Waals surface area contributed by atoms with Gasteiger partial charge in [0.1, 0.15) is 0 Å². The molecule has 0 aromatic heterocycles. The molecule has 0 saturated heterocycles. The number of hydrogen-bond acceptors (Lipinski definition) is 2. The molecule has 0 spiro atoms. The van der Waals surface area contributed by atoms with Gasteiger partial charge >= 0.3 is 0 Å². The van der Waals surface area contributed by atoms with Crippen molar-refractivity contribution < 1.29 is 4.79 Å². The molecule has 1 atom stereocenters. The van der Waals surface area contributed by atoms with E-state index in [4.69, 9.17) is 5.73 Å². The average Bonchev–Trinajstić information content (AvgIpc) is 2.26. The third kappa shape index (κ3) is 3.62. The lowest BCUT2D eigenvalue weighted by molar-refractivity contribution is -0.120. The van der Waals surface area contributed by atoms with Gasteiger partial charge in [-0.25, -0.2) is 0 Å². The molecule has 0 saturated carbocycles. The zero-order valence-electron chi connectivity index (χ0n) is 9.29. The van der Waals surface area contributed by atoms with E-state index >= 15 is 0 Å². The Morgan fingerprint density at radius 3 is 2.87 bits per heavy atom. The summed E-state index contributed by atoms with van der Waals surface area (Å²) in [4.78, 5) is 10.8. The molecule has 0 aliphatic carbocycles. The summed E-state index contributed by atoms with van der Waals surface area (Å²) in [6, 6.07) is 8.18. The van der Waals surface area contributed by atoms with Crippen molar-refractivity contribution in [3.05, 3.63) is 29.8 Å². The predicted molar refractivity (Wildman–Crippen MR) is 62.7 cm³/mol. The molecule has 0 aliphatic heterocycles. The topological polar surface area (TPSA) is 55.1 Å². The van der Waals surface area contributed by atoms with E-state index in [1.165, 1.54) is 5.56 Å². The number of nitrogens with two attached hydrogens (primary N) is 1. The lowest BCUT2D eigenvalue weighted by atomic mass is 10.1. The number of nitrogens with one attached hydrogen (secondary N) is 1. The number of carbonyl (C=O) groups excluding carboxylic acids is 1. The monoisotopic (exact) mass is 206 g/mol. The number of rotatable bonds is 5. The highest BCUT2D eigenvalue weighted by molar-refractivity contribution is 5.76. The van der Waals surface area contributed by atoms with Gasteiger partial charge in [0.15, 0.2) is 0 Å². The second-order valence-electron chi connectivity index (χ2n) is 3.74. The standard InChI is InChI=1S/C12H18N2O/c1-3-10-5-4-6-11(7-10)14-8-9(2)12(13)15/h4-7,9,14H,3,8H2,1-2H3,(H2,13,15). The van der Waals surface area contributed by atoms with Gasteiger partial charge in [-0.2, -0.15) is 0 Å². The Morgan fingerprint density at radius 2 is 2.27 bits per heavy atom. The zero-order chi connectivity index (χ0) is 11.3. The van der Waals surface area contributed by atoms with Crippen LogP contribution < -0.4 is 11.1 Å². The number of aryl methyl sites for hydroxylation is 1. The van der Waals surface area contributed by atoms with Crippen LogP contribution in [0, 0.1) is 5.92 Å². The minimum atomic E-state index is -0.269. The van der Waals surface area contributed by atoms with E-state index in [2.05, 4.69) is 24.4 Å². The van der Waals surface area contributed by atoms with E-state index in [9.17, 15) is 4.79 Å². The van der Waals surface area contributed by atoms with Crippen molar-refractivity contribution in [2.45, 2.75) is 20.3 Å². The van der Waals surface area contributed by atoms with Crippen LogP contribution in [0.15, 0.2) is 24.3 Å². The van der Waals surface area contributed by atoms with E-state index in [0.29, 0.717) is 6.54 Å². The molecular formula is C12H18N2O. The van der Waals surface area contributed by atoms with Crippen LogP contribution in [0.2, 0.25) is 0 Å². The van der Waals surface area contributed by atoms with Crippen LogP contribution in [-0.4, -0.2) is 12.5 Å². The molecule has 0 bridgehead atoms. The Balaban J connectivity index is 2.53. The lowest BCUT2D eigenvalue weighted by Crippen LogP contribution is -2.26. The van der Waals surface area contributed by atoms with Crippen molar-refractivity contribution >= 4 is 11.6 Å². The fraction of sp³-hybridized carbons (Fsp3) is 0.417. The van der Waals surface area contributed by atoms with E-state index in [-0.39, 0.29) is 11.8 Å².